The molecular formula is C9H7FOS. The van der Waals surface area contributed by atoms with Gasteiger partial charge in [-0.1, -0.05) is 0 Å². The van der Waals surface area contributed by atoms with Gasteiger partial charge in [0, 0.05) is 15.6 Å². The van der Waals surface area contributed by atoms with Crippen molar-refractivity contribution in [2.75, 3.05) is 0 Å². The number of hydrogen-bond donors (Lipinski definition) is 1. The summed E-state index contributed by atoms with van der Waals surface area (Å²) < 4.78 is 14.1. The van der Waals surface area contributed by atoms with Gasteiger partial charge in [0.25, 0.3) is 0 Å². The van der Waals surface area contributed by atoms with E-state index < -0.39 is 0 Å². The van der Waals surface area contributed by atoms with Crippen LogP contribution in [0.2, 0.25) is 0 Å². The van der Waals surface area contributed by atoms with Gasteiger partial charge in [0.05, 0.1) is 0 Å². The number of hydrogen-bond acceptors (Lipinski definition) is 2. The van der Waals surface area contributed by atoms with Gasteiger partial charge in [0.1, 0.15) is 11.6 Å². The van der Waals surface area contributed by atoms with Gasteiger partial charge in [0.2, 0.25) is 0 Å². The molecule has 0 radical (unpaired) electrons. The molecule has 0 fully saturated rings. The van der Waals surface area contributed by atoms with Crippen molar-refractivity contribution in [3.05, 3.63) is 28.9 Å². The lowest BCUT2D eigenvalue weighted by Crippen LogP contribution is -1.82. The zero-order valence-corrected chi connectivity index (χ0v) is 7.28. The maximum Gasteiger partial charge on any atom is 0.138 e. The van der Waals surface area contributed by atoms with Crippen LogP contribution in [-0.2, 0) is 0 Å². The van der Waals surface area contributed by atoms with E-state index in [1.807, 2.05) is 5.38 Å². The Labute approximate surface area is 73.1 Å². The van der Waals surface area contributed by atoms with Crippen molar-refractivity contribution in [1.82, 2.24) is 0 Å². The molecular weight excluding hydrogens is 175 g/mol. The molecule has 2 aromatic rings. The third-order valence-electron chi connectivity index (χ3n) is 1.91. The summed E-state index contributed by atoms with van der Waals surface area (Å²) in [4.78, 5) is 0. The molecule has 0 aliphatic rings. The number of thiophene rings is 1. The lowest BCUT2D eigenvalue weighted by Gasteiger charge is -2.00. The van der Waals surface area contributed by atoms with Gasteiger partial charge in [-0.25, -0.2) is 4.39 Å². The van der Waals surface area contributed by atoms with E-state index in [1.165, 1.54) is 11.3 Å². The van der Waals surface area contributed by atoms with Crippen molar-refractivity contribution < 1.29 is 9.50 Å². The van der Waals surface area contributed by atoms with Crippen molar-refractivity contribution in [3.63, 3.8) is 0 Å². The lowest BCUT2D eigenvalue weighted by atomic mass is 10.1. The van der Waals surface area contributed by atoms with Crippen LogP contribution < -0.4 is 0 Å². The highest BCUT2D eigenvalue weighted by Gasteiger charge is 2.09. The summed E-state index contributed by atoms with van der Waals surface area (Å²) in [5, 5.41) is 11.7. The fourth-order valence-corrected chi connectivity index (χ4v) is 1.98. The minimum atomic E-state index is -0.314. The summed E-state index contributed by atoms with van der Waals surface area (Å²) in [6.07, 6.45) is 0. The molecule has 0 unspecified atom stereocenters. The second-order valence-corrected chi connectivity index (χ2v) is 3.61. The summed E-state index contributed by atoms with van der Waals surface area (Å²) >= 11 is 1.42. The van der Waals surface area contributed by atoms with Crippen LogP contribution in [0.5, 0.6) is 5.75 Å². The van der Waals surface area contributed by atoms with E-state index in [2.05, 4.69) is 0 Å². The third-order valence-corrected chi connectivity index (χ3v) is 2.78. The predicted molar refractivity (Wildman–Crippen MR) is 48.2 cm³/mol. The summed E-state index contributed by atoms with van der Waals surface area (Å²) in [7, 11) is 0. The quantitative estimate of drug-likeness (QED) is 0.663. The molecule has 0 bridgehead atoms. The number of halogens is 1. The van der Waals surface area contributed by atoms with E-state index in [4.69, 9.17) is 0 Å². The zero-order chi connectivity index (χ0) is 8.72. The molecule has 1 N–H and O–H groups in total. The van der Waals surface area contributed by atoms with Crippen LogP contribution in [0.4, 0.5) is 4.39 Å². The summed E-state index contributed by atoms with van der Waals surface area (Å²) in [5.74, 6) is -0.284. The topological polar surface area (TPSA) is 20.2 Å². The molecule has 1 aromatic carbocycles. The van der Waals surface area contributed by atoms with Crippen LogP contribution in [0, 0.1) is 12.7 Å². The first-order valence-corrected chi connectivity index (χ1v) is 4.43. The van der Waals surface area contributed by atoms with Gasteiger partial charge < -0.3 is 5.11 Å². The first kappa shape index (κ1) is 7.55. The summed E-state index contributed by atoms with van der Waals surface area (Å²) in [6.45, 7) is 1.57. The van der Waals surface area contributed by atoms with Gasteiger partial charge >= 0.3 is 0 Å². The second-order valence-electron chi connectivity index (χ2n) is 2.67. The van der Waals surface area contributed by atoms with Gasteiger partial charge in [0.15, 0.2) is 0 Å². The maximum absolute atomic E-state index is 13.3. The van der Waals surface area contributed by atoms with Crippen molar-refractivity contribution in [1.29, 1.82) is 0 Å². The predicted octanol–water partition coefficient (Wildman–Crippen LogP) is 3.05. The summed E-state index contributed by atoms with van der Waals surface area (Å²) in [6, 6.07) is 3.32. The van der Waals surface area contributed by atoms with E-state index in [9.17, 15) is 9.50 Å². The number of phenolic OH excluding ortho intramolecular Hbond substituents is 1. The number of rotatable bonds is 0. The highest BCUT2D eigenvalue weighted by Crippen LogP contribution is 2.31. The fourth-order valence-electron chi connectivity index (χ4n) is 1.16. The molecule has 1 aromatic heterocycles. The molecule has 62 valence electrons. The Morgan fingerprint density at radius 2 is 2.25 bits per heavy atom. The molecule has 12 heavy (non-hydrogen) atoms. The fraction of sp³-hybridized carbons (Fsp3) is 0.111. The third kappa shape index (κ3) is 0.898. The van der Waals surface area contributed by atoms with Gasteiger partial charge in [-0.3, -0.25) is 0 Å². The van der Waals surface area contributed by atoms with Gasteiger partial charge in [-0.05, 0) is 24.4 Å². The Morgan fingerprint density at radius 3 is 3.00 bits per heavy atom. The second kappa shape index (κ2) is 2.45. The molecule has 0 aliphatic heterocycles. The van der Waals surface area contributed by atoms with Crippen LogP contribution in [0.1, 0.15) is 5.56 Å². The Bertz CT molecular complexity index is 433. The van der Waals surface area contributed by atoms with E-state index >= 15 is 0 Å². The minimum Gasteiger partial charge on any atom is -0.508 e. The minimum absolute atomic E-state index is 0.0300. The Morgan fingerprint density at radius 1 is 1.50 bits per heavy atom. The van der Waals surface area contributed by atoms with Crippen LogP contribution in [0.25, 0.3) is 10.1 Å². The van der Waals surface area contributed by atoms with E-state index in [1.54, 1.807) is 19.1 Å². The van der Waals surface area contributed by atoms with Gasteiger partial charge in [-0.15, -0.1) is 11.3 Å². The molecule has 1 nitrogen and oxygen atoms in total. The average molecular weight is 182 g/mol. The summed E-state index contributed by atoms with van der Waals surface area (Å²) in [5.41, 5.74) is 0.320. The Kier molecular flexibility index (Phi) is 1.54. The standard InChI is InChI=1S/C9H7FOS/c1-5-7(11)4-8-6(9(5)10)2-3-12-8/h2-4,11H,1H3. The smallest absolute Gasteiger partial charge is 0.138 e. The largest absolute Gasteiger partial charge is 0.508 e. The lowest BCUT2D eigenvalue weighted by molar-refractivity contribution is 0.465. The zero-order valence-electron chi connectivity index (χ0n) is 6.47. The molecule has 0 saturated heterocycles. The van der Waals surface area contributed by atoms with Crippen LogP contribution >= 0.6 is 11.3 Å². The maximum atomic E-state index is 13.3. The normalized spacial score (nSPS) is 10.8. The van der Waals surface area contributed by atoms with E-state index in [-0.39, 0.29) is 11.6 Å². The van der Waals surface area contributed by atoms with Crippen LogP contribution in [-0.4, -0.2) is 5.11 Å². The highest BCUT2D eigenvalue weighted by molar-refractivity contribution is 7.17. The number of phenols is 1. The SMILES string of the molecule is Cc1c(O)cc2sccc2c1F. The monoisotopic (exact) mass is 182 g/mol. The first-order valence-electron chi connectivity index (χ1n) is 3.55. The molecule has 0 spiro atoms. The molecule has 0 atom stereocenters. The molecule has 0 aliphatic carbocycles. The van der Waals surface area contributed by atoms with Crippen molar-refractivity contribution in [3.8, 4) is 5.75 Å². The van der Waals surface area contributed by atoms with Crippen LogP contribution in [0.15, 0.2) is 17.5 Å². The molecule has 0 amide bonds. The Balaban J connectivity index is 2.94. The number of aromatic hydroxyl groups is 1. The Hall–Kier alpha value is -1.09. The number of benzene rings is 1. The van der Waals surface area contributed by atoms with Crippen LogP contribution in [0.3, 0.4) is 0 Å². The van der Waals surface area contributed by atoms with E-state index in [0.717, 1.165) is 4.70 Å². The van der Waals surface area contributed by atoms with Crippen molar-refractivity contribution in [2.45, 2.75) is 6.92 Å². The van der Waals surface area contributed by atoms with Gasteiger partial charge in [-0.2, -0.15) is 0 Å². The molecule has 2 rings (SSSR count). The van der Waals surface area contributed by atoms with Crippen molar-refractivity contribution >= 4 is 21.4 Å². The van der Waals surface area contributed by atoms with E-state index in [0.29, 0.717) is 10.9 Å². The number of fused-ring (bicyclic) bond motifs is 1. The first-order chi connectivity index (χ1) is 5.70. The molecule has 0 saturated carbocycles. The average Bonchev–Trinajstić information content (AvgIpc) is 2.48. The highest BCUT2D eigenvalue weighted by atomic mass is 32.1. The molecule has 1 heterocycles. The molecule has 3 heteroatoms. The van der Waals surface area contributed by atoms with Crippen molar-refractivity contribution in [2.24, 2.45) is 0 Å².